The molecule has 0 aromatic heterocycles. The maximum Gasteiger partial charge on any atom is 0.134 e. The van der Waals surface area contributed by atoms with Crippen LogP contribution in [0.3, 0.4) is 0 Å². The molecular weight excluding hydrogens is 121 g/mol. The lowest BCUT2D eigenvalue weighted by molar-refractivity contribution is -0.120. The molecule has 0 aromatic rings. The van der Waals surface area contributed by atoms with Crippen molar-refractivity contribution in [3.63, 3.8) is 0 Å². The van der Waals surface area contributed by atoms with Crippen molar-refractivity contribution in [2.45, 2.75) is 13.3 Å². The van der Waals surface area contributed by atoms with Crippen LogP contribution >= 0.6 is 0 Å². The predicted molar refractivity (Wildman–Crippen MR) is 31.5 cm³/mol. The zero-order valence-corrected chi connectivity index (χ0v) is 5.43. The average Bonchev–Trinajstić information content (AvgIpc) is 2.14. The van der Waals surface area contributed by atoms with Gasteiger partial charge in [0.2, 0.25) is 0 Å². The second-order valence-corrected chi connectivity index (χ2v) is 2.47. The van der Waals surface area contributed by atoms with E-state index < -0.39 is 0 Å². The second kappa shape index (κ2) is 2.43. The fourth-order valence-electron chi connectivity index (χ4n) is 1.05. The fraction of sp³-hybridized carbons (Fsp3) is 0.833. The fourth-order valence-corrected chi connectivity index (χ4v) is 1.05. The van der Waals surface area contributed by atoms with Crippen LogP contribution in [0.15, 0.2) is 0 Å². The van der Waals surface area contributed by atoms with E-state index in [4.69, 9.17) is 0 Å². The van der Waals surface area contributed by atoms with Gasteiger partial charge in [0.05, 0.1) is 0 Å². The highest BCUT2D eigenvalue weighted by Crippen LogP contribution is 2.16. The molecule has 1 unspecified atom stereocenters. The molecule has 0 aliphatic carbocycles. The SMILES string of the molecule is CC(=O)C1CCN(F)C1. The second-order valence-electron chi connectivity index (χ2n) is 2.47. The number of ketones is 1. The standard InChI is InChI=1S/C6H10FNO/c1-5(9)6-2-3-8(7)4-6/h6H,2-4H2,1H3. The molecule has 0 amide bonds. The maximum atomic E-state index is 12.2. The van der Waals surface area contributed by atoms with Crippen molar-refractivity contribution in [1.82, 2.24) is 5.12 Å². The van der Waals surface area contributed by atoms with Gasteiger partial charge >= 0.3 is 0 Å². The molecule has 1 saturated heterocycles. The lowest BCUT2D eigenvalue weighted by Crippen LogP contribution is -2.14. The minimum Gasteiger partial charge on any atom is -0.300 e. The quantitative estimate of drug-likeness (QED) is 0.490. The molecule has 0 aromatic carbocycles. The van der Waals surface area contributed by atoms with E-state index >= 15 is 0 Å². The first-order chi connectivity index (χ1) is 4.20. The first-order valence-electron chi connectivity index (χ1n) is 3.11. The van der Waals surface area contributed by atoms with Crippen molar-refractivity contribution >= 4 is 5.78 Å². The van der Waals surface area contributed by atoms with Crippen molar-refractivity contribution in [3.8, 4) is 0 Å². The number of hydrogen-bond acceptors (Lipinski definition) is 2. The Kier molecular flexibility index (Phi) is 1.81. The summed E-state index contributed by atoms with van der Waals surface area (Å²) in [5, 5.41) is 0.700. The summed E-state index contributed by atoms with van der Waals surface area (Å²) in [6, 6.07) is 0. The Morgan fingerprint density at radius 3 is 2.67 bits per heavy atom. The van der Waals surface area contributed by atoms with Gasteiger partial charge in [-0.15, -0.1) is 9.60 Å². The summed E-state index contributed by atoms with van der Waals surface area (Å²) in [4.78, 5) is 10.6. The summed E-state index contributed by atoms with van der Waals surface area (Å²) in [6.07, 6.45) is 0.686. The Labute approximate surface area is 53.6 Å². The van der Waals surface area contributed by atoms with Crippen LogP contribution in [-0.2, 0) is 4.79 Å². The van der Waals surface area contributed by atoms with Crippen LogP contribution in [0.1, 0.15) is 13.3 Å². The molecule has 52 valence electrons. The molecule has 1 rings (SSSR count). The topological polar surface area (TPSA) is 20.3 Å². The van der Waals surface area contributed by atoms with Crippen LogP contribution in [0, 0.1) is 5.92 Å². The van der Waals surface area contributed by atoms with Gasteiger partial charge < -0.3 is 0 Å². The van der Waals surface area contributed by atoms with Crippen LogP contribution in [0.4, 0.5) is 4.48 Å². The van der Waals surface area contributed by atoms with Crippen LogP contribution < -0.4 is 0 Å². The average molecular weight is 131 g/mol. The Morgan fingerprint density at radius 2 is 2.44 bits per heavy atom. The largest absolute Gasteiger partial charge is 0.300 e. The number of hydrogen-bond donors (Lipinski definition) is 0. The van der Waals surface area contributed by atoms with E-state index in [-0.39, 0.29) is 11.7 Å². The lowest BCUT2D eigenvalue weighted by atomic mass is 10.1. The molecule has 2 nitrogen and oxygen atoms in total. The smallest absolute Gasteiger partial charge is 0.134 e. The molecular formula is C6H10FNO. The third kappa shape index (κ3) is 1.48. The first kappa shape index (κ1) is 6.68. The summed E-state index contributed by atoms with van der Waals surface area (Å²) in [5.74, 6) is 0.0603. The van der Waals surface area contributed by atoms with Gasteiger partial charge in [-0.2, -0.15) is 0 Å². The van der Waals surface area contributed by atoms with Gasteiger partial charge in [-0.25, -0.2) is 0 Å². The number of rotatable bonds is 1. The molecule has 1 heterocycles. The van der Waals surface area contributed by atoms with E-state index in [1.165, 1.54) is 6.92 Å². The molecule has 0 saturated carbocycles. The van der Waals surface area contributed by atoms with Crippen LogP contribution in [-0.4, -0.2) is 24.0 Å². The summed E-state index contributed by atoms with van der Waals surface area (Å²) < 4.78 is 12.2. The normalized spacial score (nSPS) is 28.9. The summed E-state index contributed by atoms with van der Waals surface area (Å²) >= 11 is 0. The third-order valence-corrected chi connectivity index (χ3v) is 1.71. The molecule has 0 radical (unpaired) electrons. The molecule has 1 aliphatic rings. The summed E-state index contributed by atoms with van der Waals surface area (Å²) in [7, 11) is 0. The predicted octanol–water partition coefficient (Wildman–Crippen LogP) is 0.782. The zero-order valence-electron chi connectivity index (χ0n) is 5.43. The molecule has 1 aliphatic heterocycles. The molecule has 0 bridgehead atoms. The number of nitrogens with zero attached hydrogens (tertiary/aromatic N) is 1. The lowest BCUT2D eigenvalue weighted by Gasteiger charge is -2.01. The number of carbonyl (C=O) groups is 1. The third-order valence-electron chi connectivity index (χ3n) is 1.71. The molecule has 9 heavy (non-hydrogen) atoms. The van der Waals surface area contributed by atoms with Gasteiger partial charge in [0.25, 0.3) is 0 Å². The van der Waals surface area contributed by atoms with E-state index in [0.29, 0.717) is 24.6 Å². The Balaban J connectivity index is 2.39. The zero-order chi connectivity index (χ0) is 6.85. The van der Waals surface area contributed by atoms with E-state index in [1.807, 2.05) is 0 Å². The van der Waals surface area contributed by atoms with Gasteiger partial charge in [-0.05, 0) is 13.3 Å². The maximum absolute atomic E-state index is 12.2. The van der Waals surface area contributed by atoms with Crippen LogP contribution in [0.5, 0.6) is 0 Å². The van der Waals surface area contributed by atoms with Gasteiger partial charge in [-0.1, -0.05) is 0 Å². The Hall–Kier alpha value is -0.440. The van der Waals surface area contributed by atoms with E-state index in [2.05, 4.69) is 0 Å². The first-order valence-corrected chi connectivity index (χ1v) is 3.11. The number of Topliss-reactive ketones (excluding diaryl/α,β-unsaturated/α-hetero) is 1. The minimum atomic E-state index is -0.0463. The molecule has 0 spiro atoms. The Bertz CT molecular complexity index is 126. The van der Waals surface area contributed by atoms with Crippen molar-refractivity contribution in [2.24, 2.45) is 5.92 Å². The number of halogens is 1. The molecule has 1 atom stereocenters. The van der Waals surface area contributed by atoms with Crippen molar-refractivity contribution < 1.29 is 9.28 Å². The van der Waals surface area contributed by atoms with E-state index in [0.717, 1.165) is 0 Å². The van der Waals surface area contributed by atoms with Gasteiger partial charge in [-0.3, -0.25) is 4.79 Å². The molecule has 1 fully saturated rings. The van der Waals surface area contributed by atoms with E-state index in [9.17, 15) is 9.28 Å². The molecule has 0 N–H and O–H groups in total. The van der Waals surface area contributed by atoms with Crippen molar-refractivity contribution in [1.29, 1.82) is 0 Å². The highest BCUT2D eigenvalue weighted by atomic mass is 19.2. The van der Waals surface area contributed by atoms with Gasteiger partial charge in [0.1, 0.15) is 5.78 Å². The minimum absolute atomic E-state index is 0.0463. The molecule has 3 heteroatoms. The summed E-state index contributed by atoms with van der Waals surface area (Å²) in [5.41, 5.74) is 0. The van der Waals surface area contributed by atoms with Crippen LogP contribution in [0.25, 0.3) is 0 Å². The monoisotopic (exact) mass is 131 g/mol. The summed E-state index contributed by atoms with van der Waals surface area (Å²) in [6.45, 7) is 2.24. The van der Waals surface area contributed by atoms with Gasteiger partial charge in [0.15, 0.2) is 0 Å². The Morgan fingerprint density at radius 1 is 1.78 bits per heavy atom. The van der Waals surface area contributed by atoms with E-state index in [1.54, 1.807) is 0 Å². The number of carbonyl (C=O) groups excluding carboxylic acids is 1. The highest BCUT2D eigenvalue weighted by Gasteiger charge is 2.25. The van der Waals surface area contributed by atoms with Gasteiger partial charge in [0, 0.05) is 19.0 Å². The van der Waals surface area contributed by atoms with Crippen molar-refractivity contribution in [2.75, 3.05) is 13.1 Å². The highest BCUT2D eigenvalue weighted by molar-refractivity contribution is 5.78. The van der Waals surface area contributed by atoms with Crippen molar-refractivity contribution in [3.05, 3.63) is 0 Å². The van der Waals surface area contributed by atoms with Crippen LogP contribution in [0.2, 0.25) is 0 Å².